The van der Waals surface area contributed by atoms with Gasteiger partial charge in [0.05, 0.1) is 5.52 Å². The predicted octanol–water partition coefficient (Wildman–Crippen LogP) is 3.20. The molecule has 5 nitrogen and oxygen atoms in total. The number of rotatable bonds is 2. The summed E-state index contributed by atoms with van der Waals surface area (Å²) in [6.07, 6.45) is 1.67. The van der Waals surface area contributed by atoms with E-state index in [9.17, 15) is 9.59 Å². The summed E-state index contributed by atoms with van der Waals surface area (Å²) in [5.74, 6) is -0.178. The van der Waals surface area contributed by atoms with E-state index < -0.39 is 0 Å². The smallest absolute Gasteiger partial charge is 0.259 e. The first kappa shape index (κ1) is 18.3. The topological polar surface area (TPSA) is 45.5 Å². The molecule has 0 N–H and O–H groups in total. The molecule has 0 bridgehead atoms. The molecule has 0 aliphatic carbocycles. The van der Waals surface area contributed by atoms with E-state index in [0.29, 0.717) is 11.9 Å². The van der Waals surface area contributed by atoms with Gasteiger partial charge < -0.3 is 14.4 Å². The van der Waals surface area contributed by atoms with Crippen molar-refractivity contribution in [3.63, 3.8) is 0 Å². The number of carbonyl (C=O) groups is 1. The fourth-order valence-corrected chi connectivity index (χ4v) is 4.14. The van der Waals surface area contributed by atoms with Crippen molar-refractivity contribution in [1.29, 1.82) is 0 Å². The summed E-state index contributed by atoms with van der Waals surface area (Å²) < 4.78 is 1.86. The van der Waals surface area contributed by atoms with Crippen LogP contribution in [0.1, 0.15) is 22.8 Å². The molecule has 0 saturated carbocycles. The van der Waals surface area contributed by atoms with Crippen LogP contribution in [-0.4, -0.2) is 41.1 Å². The molecule has 1 amide bonds. The second kappa shape index (κ2) is 7.15. The predicted molar refractivity (Wildman–Crippen MR) is 113 cm³/mol. The van der Waals surface area contributed by atoms with Gasteiger partial charge in [-0.2, -0.15) is 0 Å². The Morgan fingerprint density at radius 3 is 2.50 bits per heavy atom. The van der Waals surface area contributed by atoms with Gasteiger partial charge in [-0.25, -0.2) is 0 Å². The molecule has 4 rings (SSSR count). The minimum atomic E-state index is -0.188. The summed E-state index contributed by atoms with van der Waals surface area (Å²) >= 11 is 0. The quantitative estimate of drug-likeness (QED) is 0.691. The molecule has 0 spiro atoms. The molecular weight excluding hydrogens is 350 g/mol. The van der Waals surface area contributed by atoms with Crippen LogP contribution in [0.25, 0.3) is 10.9 Å². The van der Waals surface area contributed by atoms with Crippen LogP contribution in [0.15, 0.2) is 59.5 Å². The van der Waals surface area contributed by atoms with Crippen molar-refractivity contribution in [2.45, 2.75) is 19.9 Å². The molecule has 5 heteroatoms. The molecule has 1 saturated heterocycles. The molecule has 1 aromatic heterocycles. The van der Waals surface area contributed by atoms with Crippen molar-refractivity contribution >= 4 is 22.5 Å². The van der Waals surface area contributed by atoms with Gasteiger partial charge in [-0.1, -0.05) is 30.3 Å². The van der Waals surface area contributed by atoms with E-state index in [1.807, 2.05) is 53.8 Å². The van der Waals surface area contributed by atoms with E-state index in [1.54, 1.807) is 12.3 Å². The molecule has 1 atom stereocenters. The number of benzene rings is 2. The van der Waals surface area contributed by atoms with Crippen molar-refractivity contribution in [1.82, 2.24) is 9.47 Å². The van der Waals surface area contributed by atoms with Gasteiger partial charge in [0.1, 0.15) is 5.56 Å². The third kappa shape index (κ3) is 3.07. The normalized spacial score (nSPS) is 17.2. The van der Waals surface area contributed by atoms with Crippen LogP contribution < -0.4 is 10.3 Å². The summed E-state index contributed by atoms with van der Waals surface area (Å²) in [5.41, 5.74) is 3.34. The minimum Gasteiger partial charge on any atom is -0.367 e. The summed E-state index contributed by atoms with van der Waals surface area (Å²) in [6, 6.07) is 15.8. The maximum Gasteiger partial charge on any atom is 0.259 e. The molecule has 2 aromatic carbocycles. The molecule has 0 unspecified atom stereocenters. The highest BCUT2D eigenvalue weighted by Crippen LogP contribution is 2.23. The van der Waals surface area contributed by atoms with Crippen LogP contribution >= 0.6 is 0 Å². The minimum absolute atomic E-state index is 0.0250. The highest BCUT2D eigenvalue weighted by Gasteiger charge is 2.30. The standard InChI is InChI=1S/C23H25N3O2/c1-16-8-4-6-10-20(16)25-12-13-26(17(2)14-25)23(28)19-15-24(3)21-11-7-5-9-18(21)22(19)27/h4-11,15,17H,12-14H2,1-3H3/t17-/m1/s1. The molecule has 1 aliphatic rings. The van der Waals surface area contributed by atoms with E-state index in [4.69, 9.17) is 0 Å². The van der Waals surface area contributed by atoms with E-state index in [-0.39, 0.29) is 22.9 Å². The lowest BCUT2D eigenvalue weighted by atomic mass is 10.1. The number of piperazine rings is 1. The number of fused-ring (bicyclic) bond motifs is 1. The van der Waals surface area contributed by atoms with Gasteiger partial charge in [-0.3, -0.25) is 9.59 Å². The largest absolute Gasteiger partial charge is 0.367 e. The number of aryl methyl sites for hydroxylation is 2. The second-order valence-corrected chi connectivity index (χ2v) is 7.58. The van der Waals surface area contributed by atoms with Gasteiger partial charge >= 0.3 is 0 Å². The van der Waals surface area contributed by atoms with Gasteiger partial charge in [0.25, 0.3) is 5.91 Å². The molecule has 28 heavy (non-hydrogen) atoms. The Kier molecular flexibility index (Phi) is 4.67. The first-order valence-electron chi connectivity index (χ1n) is 9.67. The lowest BCUT2D eigenvalue weighted by Crippen LogP contribution is -2.54. The van der Waals surface area contributed by atoms with Crippen LogP contribution in [0.4, 0.5) is 5.69 Å². The van der Waals surface area contributed by atoms with Gasteiger partial charge in [-0.05, 0) is 37.6 Å². The molecule has 2 heterocycles. The first-order valence-corrected chi connectivity index (χ1v) is 9.67. The summed E-state index contributed by atoms with van der Waals surface area (Å²) in [5, 5.41) is 0.585. The van der Waals surface area contributed by atoms with Crippen LogP contribution in [0.3, 0.4) is 0 Å². The van der Waals surface area contributed by atoms with Crippen molar-refractivity contribution in [2.75, 3.05) is 24.5 Å². The fraction of sp³-hybridized carbons (Fsp3) is 0.304. The average molecular weight is 375 g/mol. The van der Waals surface area contributed by atoms with Gasteiger partial charge in [0.2, 0.25) is 5.43 Å². The maximum atomic E-state index is 13.2. The number of amides is 1. The first-order chi connectivity index (χ1) is 13.5. The van der Waals surface area contributed by atoms with Gasteiger partial charge in [-0.15, -0.1) is 0 Å². The third-order valence-corrected chi connectivity index (χ3v) is 5.67. The number of aromatic nitrogens is 1. The number of pyridine rings is 1. The van der Waals surface area contributed by atoms with Crippen molar-refractivity contribution in [3.05, 3.63) is 76.1 Å². The van der Waals surface area contributed by atoms with Crippen LogP contribution in [0.5, 0.6) is 0 Å². The highest BCUT2D eigenvalue weighted by molar-refractivity contribution is 5.97. The molecule has 1 fully saturated rings. The molecule has 144 valence electrons. The summed E-state index contributed by atoms with van der Waals surface area (Å²) in [6.45, 7) is 6.27. The Morgan fingerprint density at radius 2 is 1.75 bits per heavy atom. The van der Waals surface area contributed by atoms with Gasteiger partial charge in [0, 0.05) is 50.0 Å². The number of carbonyl (C=O) groups excluding carboxylic acids is 1. The zero-order valence-corrected chi connectivity index (χ0v) is 16.6. The molecule has 3 aromatic rings. The van der Waals surface area contributed by atoms with Crippen molar-refractivity contribution in [3.8, 4) is 0 Å². The fourth-order valence-electron chi connectivity index (χ4n) is 4.14. The van der Waals surface area contributed by atoms with Crippen molar-refractivity contribution in [2.24, 2.45) is 7.05 Å². The lowest BCUT2D eigenvalue weighted by molar-refractivity contribution is 0.0672. The van der Waals surface area contributed by atoms with E-state index >= 15 is 0 Å². The summed E-state index contributed by atoms with van der Waals surface area (Å²) in [4.78, 5) is 30.3. The second-order valence-electron chi connectivity index (χ2n) is 7.58. The van der Waals surface area contributed by atoms with Gasteiger partial charge in [0.15, 0.2) is 0 Å². The molecule has 1 aliphatic heterocycles. The monoisotopic (exact) mass is 375 g/mol. The number of hydrogen-bond acceptors (Lipinski definition) is 3. The Balaban J connectivity index is 1.62. The Labute approximate surface area is 164 Å². The van der Waals surface area contributed by atoms with E-state index in [2.05, 4.69) is 24.0 Å². The Bertz CT molecular complexity index is 1100. The lowest BCUT2D eigenvalue weighted by Gasteiger charge is -2.41. The zero-order valence-electron chi connectivity index (χ0n) is 16.6. The number of nitrogens with zero attached hydrogens (tertiary/aromatic N) is 3. The molecule has 0 radical (unpaired) electrons. The Hall–Kier alpha value is -3.08. The third-order valence-electron chi connectivity index (χ3n) is 5.67. The van der Waals surface area contributed by atoms with Crippen LogP contribution in [0, 0.1) is 6.92 Å². The number of anilines is 1. The number of hydrogen-bond donors (Lipinski definition) is 0. The van der Waals surface area contributed by atoms with E-state index in [0.717, 1.165) is 18.6 Å². The average Bonchev–Trinajstić information content (AvgIpc) is 2.70. The zero-order chi connectivity index (χ0) is 19.8. The maximum absolute atomic E-state index is 13.2. The molecular formula is C23H25N3O2. The van der Waals surface area contributed by atoms with Crippen LogP contribution in [0.2, 0.25) is 0 Å². The van der Waals surface area contributed by atoms with Crippen molar-refractivity contribution < 1.29 is 4.79 Å². The SMILES string of the molecule is Cc1ccccc1N1CCN(C(=O)c2cn(C)c3ccccc3c2=O)[C@H](C)C1. The Morgan fingerprint density at radius 1 is 1.04 bits per heavy atom. The van der Waals surface area contributed by atoms with Crippen LogP contribution in [-0.2, 0) is 7.05 Å². The van der Waals surface area contributed by atoms with E-state index in [1.165, 1.54) is 11.3 Å². The number of para-hydroxylation sites is 2. The summed E-state index contributed by atoms with van der Waals surface area (Å²) in [7, 11) is 1.87. The highest BCUT2D eigenvalue weighted by atomic mass is 16.2.